The molecule has 1 saturated heterocycles. The molecule has 1 aliphatic heterocycles. The van der Waals surface area contributed by atoms with E-state index in [0.717, 1.165) is 13.0 Å². The highest BCUT2D eigenvalue weighted by atomic mass is 16.5. The van der Waals surface area contributed by atoms with Crippen molar-refractivity contribution in [2.45, 2.75) is 31.4 Å². The molecule has 4 rings (SSSR count). The van der Waals surface area contributed by atoms with Crippen LogP contribution in [0.2, 0.25) is 0 Å². The highest BCUT2D eigenvalue weighted by Crippen LogP contribution is 2.30. The second-order valence-corrected chi connectivity index (χ2v) is 6.53. The summed E-state index contributed by atoms with van der Waals surface area (Å²) in [5.41, 5.74) is 0.533. The van der Waals surface area contributed by atoms with Gasteiger partial charge in [0.1, 0.15) is 18.5 Å². The molecule has 25 heavy (non-hydrogen) atoms. The average molecular weight is 343 g/mol. The molecule has 0 bridgehead atoms. The van der Waals surface area contributed by atoms with Crippen molar-refractivity contribution in [3.8, 4) is 5.82 Å². The van der Waals surface area contributed by atoms with Gasteiger partial charge in [-0.3, -0.25) is 9.36 Å². The Labute approximate surface area is 145 Å². The van der Waals surface area contributed by atoms with E-state index in [1.165, 1.54) is 12.8 Å². The molecular formula is C17H21N5O3. The molecular weight excluding hydrogens is 322 g/mol. The Morgan fingerprint density at radius 1 is 1.32 bits per heavy atom. The minimum Gasteiger partial charge on any atom is -0.379 e. The Kier molecular flexibility index (Phi) is 4.71. The minimum atomic E-state index is -0.160. The second-order valence-electron chi connectivity index (χ2n) is 6.53. The van der Waals surface area contributed by atoms with Gasteiger partial charge in [0.2, 0.25) is 0 Å². The number of ether oxygens (including phenoxy) is 2. The summed E-state index contributed by atoms with van der Waals surface area (Å²) < 4.78 is 13.2. The first kappa shape index (κ1) is 16.2. The third-order valence-corrected chi connectivity index (χ3v) is 4.54. The molecule has 0 aromatic carbocycles. The topological polar surface area (TPSA) is 91.2 Å². The van der Waals surface area contributed by atoms with E-state index in [-0.39, 0.29) is 18.1 Å². The number of amides is 1. The molecule has 1 saturated carbocycles. The van der Waals surface area contributed by atoms with E-state index in [1.807, 2.05) is 0 Å². The third kappa shape index (κ3) is 4.02. The number of pyridine rings is 1. The Hall–Kier alpha value is -2.32. The first-order valence-electron chi connectivity index (χ1n) is 8.61. The maximum Gasteiger partial charge on any atom is 0.251 e. The summed E-state index contributed by atoms with van der Waals surface area (Å²) in [6.07, 6.45) is 8.01. The average Bonchev–Trinajstić information content (AvgIpc) is 3.31. The second kappa shape index (κ2) is 7.28. The SMILES string of the molecule is O=C(N[C@@H]1COCC[C@@H]1OCC1CC1)c1ccnc(-n2cnnc2)c1. The van der Waals surface area contributed by atoms with Crippen LogP contribution in [0.5, 0.6) is 0 Å². The number of nitrogens with zero attached hydrogens (tertiary/aromatic N) is 4. The maximum absolute atomic E-state index is 12.6. The van der Waals surface area contributed by atoms with Crippen molar-refractivity contribution in [1.82, 2.24) is 25.1 Å². The quantitative estimate of drug-likeness (QED) is 0.841. The van der Waals surface area contributed by atoms with Crippen LogP contribution in [0.15, 0.2) is 31.0 Å². The van der Waals surface area contributed by atoms with Gasteiger partial charge >= 0.3 is 0 Å². The van der Waals surface area contributed by atoms with Crippen LogP contribution >= 0.6 is 0 Å². The molecule has 8 heteroatoms. The molecule has 1 amide bonds. The number of carbonyl (C=O) groups excluding carboxylic acids is 1. The highest BCUT2D eigenvalue weighted by molar-refractivity contribution is 5.94. The van der Waals surface area contributed by atoms with Crippen molar-refractivity contribution in [3.63, 3.8) is 0 Å². The molecule has 1 aliphatic carbocycles. The zero-order chi connectivity index (χ0) is 17.1. The predicted molar refractivity (Wildman–Crippen MR) is 88.3 cm³/mol. The zero-order valence-corrected chi connectivity index (χ0v) is 13.9. The normalized spacial score (nSPS) is 23.4. The van der Waals surface area contributed by atoms with Crippen LogP contribution in [-0.4, -0.2) is 57.6 Å². The van der Waals surface area contributed by atoms with E-state index in [4.69, 9.17) is 9.47 Å². The molecule has 2 aromatic heterocycles. The van der Waals surface area contributed by atoms with Crippen molar-refractivity contribution < 1.29 is 14.3 Å². The van der Waals surface area contributed by atoms with E-state index in [9.17, 15) is 4.79 Å². The van der Waals surface area contributed by atoms with Gasteiger partial charge in [0.05, 0.1) is 18.8 Å². The third-order valence-electron chi connectivity index (χ3n) is 4.54. The van der Waals surface area contributed by atoms with E-state index in [0.29, 0.717) is 30.5 Å². The lowest BCUT2D eigenvalue weighted by Crippen LogP contribution is -2.50. The van der Waals surface area contributed by atoms with Crippen molar-refractivity contribution in [3.05, 3.63) is 36.5 Å². The first-order chi connectivity index (χ1) is 12.3. The van der Waals surface area contributed by atoms with Crippen LogP contribution < -0.4 is 5.32 Å². The fourth-order valence-corrected chi connectivity index (χ4v) is 2.87. The van der Waals surface area contributed by atoms with E-state index < -0.39 is 0 Å². The van der Waals surface area contributed by atoms with Crippen LogP contribution in [0.4, 0.5) is 0 Å². The van der Waals surface area contributed by atoms with E-state index in [2.05, 4.69) is 20.5 Å². The van der Waals surface area contributed by atoms with Crippen molar-refractivity contribution in [2.75, 3.05) is 19.8 Å². The monoisotopic (exact) mass is 343 g/mol. The Balaban J connectivity index is 1.42. The van der Waals surface area contributed by atoms with Gasteiger partial charge in [-0.1, -0.05) is 0 Å². The van der Waals surface area contributed by atoms with Gasteiger partial charge in [0.15, 0.2) is 0 Å². The zero-order valence-electron chi connectivity index (χ0n) is 13.9. The molecule has 2 aliphatic rings. The molecule has 0 radical (unpaired) electrons. The molecule has 0 unspecified atom stereocenters. The summed E-state index contributed by atoms with van der Waals surface area (Å²) in [5, 5.41) is 10.6. The van der Waals surface area contributed by atoms with Gasteiger partial charge < -0.3 is 14.8 Å². The molecule has 8 nitrogen and oxygen atoms in total. The van der Waals surface area contributed by atoms with Gasteiger partial charge in [0, 0.05) is 25.0 Å². The smallest absolute Gasteiger partial charge is 0.251 e. The lowest BCUT2D eigenvalue weighted by Gasteiger charge is -2.32. The fraction of sp³-hybridized carbons (Fsp3) is 0.529. The van der Waals surface area contributed by atoms with E-state index >= 15 is 0 Å². The summed E-state index contributed by atoms with van der Waals surface area (Å²) in [5.74, 6) is 1.14. The first-order valence-corrected chi connectivity index (χ1v) is 8.61. The Bertz CT molecular complexity index is 717. The standard InChI is InChI=1S/C17H21N5O3/c23-17(13-3-5-18-16(7-13)22-10-19-20-11-22)21-14-9-24-6-4-15(14)25-8-12-1-2-12/h3,5,7,10-12,14-15H,1-2,4,6,8-9H2,(H,21,23)/t14-,15+/m1/s1. The molecule has 132 valence electrons. The summed E-state index contributed by atoms with van der Waals surface area (Å²) in [4.78, 5) is 16.9. The van der Waals surface area contributed by atoms with Gasteiger partial charge in [-0.2, -0.15) is 0 Å². The maximum atomic E-state index is 12.6. The van der Waals surface area contributed by atoms with Gasteiger partial charge in [-0.05, 0) is 37.3 Å². The summed E-state index contributed by atoms with van der Waals surface area (Å²) in [7, 11) is 0. The van der Waals surface area contributed by atoms with Crippen molar-refractivity contribution >= 4 is 5.91 Å². The molecule has 0 spiro atoms. The number of rotatable bonds is 6. The number of hydrogen-bond donors (Lipinski definition) is 1. The van der Waals surface area contributed by atoms with Crippen LogP contribution in [0.1, 0.15) is 29.6 Å². The van der Waals surface area contributed by atoms with Crippen molar-refractivity contribution in [1.29, 1.82) is 0 Å². The largest absolute Gasteiger partial charge is 0.379 e. The van der Waals surface area contributed by atoms with Gasteiger partial charge in [0.25, 0.3) is 5.91 Å². The molecule has 3 heterocycles. The number of nitrogens with one attached hydrogen (secondary N) is 1. The fourth-order valence-electron chi connectivity index (χ4n) is 2.87. The lowest BCUT2D eigenvalue weighted by molar-refractivity contribution is -0.0567. The summed E-state index contributed by atoms with van der Waals surface area (Å²) >= 11 is 0. The number of aromatic nitrogens is 4. The molecule has 2 fully saturated rings. The summed E-state index contributed by atoms with van der Waals surface area (Å²) in [6.45, 7) is 1.93. The highest BCUT2D eigenvalue weighted by Gasteiger charge is 2.31. The lowest BCUT2D eigenvalue weighted by atomic mass is 10.1. The van der Waals surface area contributed by atoms with Crippen LogP contribution in [0.3, 0.4) is 0 Å². The van der Waals surface area contributed by atoms with Crippen LogP contribution in [-0.2, 0) is 9.47 Å². The number of carbonyl (C=O) groups is 1. The summed E-state index contributed by atoms with van der Waals surface area (Å²) in [6, 6.07) is 3.27. The molecule has 1 N–H and O–H groups in total. The van der Waals surface area contributed by atoms with E-state index in [1.54, 1.807) is 35.6 Å². The Morgan fingerprint density at radius 3 is 2.96 bits per heavy atom. The molecule has 2 atom stereocenters. The van der Waals surface area contributed by atoms with Crippen molar-refractivity contribution in [2.24, 2.45) is 5.92 Å². The Morgan fingerprint density at radius 2 is 2.16 bits per heavy atom. The number of hydrogen-bond acceptors (Lipinski definition) is 6. The van der Waals surface area contributed by atoms with Crippen LogP contribution in [0.25, 0.3) is 5.82 Å². The van der Waals surface area contributed by atoms with Crippen LogP contribution in [0, 0.1) is 5.92 Å². The van der Waals surface area contributed by atoms with Gasteiger partial charge in [-0.15, -0.1) is 10.2 Å². The minimum absolute atomic E-state index is 0.0115. The molecule has 2 aromatic rings. The predicted octanol–water partition coefficient (Wildman–Crippen LogP) is 0.976. The van der Waals surface area contributed by atoms with Gasteiger partial charge in [-0.25, -0.2) is 4.98 Å².